The van der Waals surface area contributed by atoms with Crippen molar-refractivity contribution in [3.63, 3.8) is 0 Å². The highest BCUT2D eigenvalue weighted by molar-refractivity contribution is 5.72. The molecule has 2 amide bonds. The quantitative estimate of drug-likeness (QED) is 0.423. The summed E-state index contributed by atoms with van der Waals surface area (Å²) in [4.78, 5) is 42.0. The highest BCUT2D eigenvalue weighted by atomic mass is 16.7. The van der Waals surface area contributed by atoms with Gasteiger partial charge in [-0.25, -0.2) is 35.1 Å². The number of nitrogens with zero attached hydrogens (tertiary/aromatic N) is 6. The minimum atomic E-state index is -1.53. The number of hydrogen-bond donors (Lipinski definition) is 0. The van der Waals surface area contributed by atoms with Crippen molar-refractivity contribution < 1.29 is 19.9 Å². The van der Waals surface area contributed by atoms with E-state index < -0.39 is 34.5 Å². The second-order valence-electron chi connectivity index (χ2n) is 2.58. The highest BCUT2D eigenvalue weighted by Gasteiger charge is 2.47. The van der Waals surface area contributed by atoms with Crippen molar-refractivity contribution in [2.24, 2.45) is 0 Å². The fourth-order valence-corrected chi connectivity index (χ4v) is 0.954. The fraction of sp³-hybridized carbons (Fsp3) is 0.667. The zero-order valence-electron chi connectivity index (χ0n) is 7.46. The van der Waals surface area contributed by atoms with Gasteiger partial charge >= 0.3 is 6.03 Å². The number of carbonyl (C=O) groups excluding carboxylic acids is 1. The Morgan fingerprint density at radius 3 is 1.50 bits per heavy atom. The maximum Gasteiger partial charge on any atom is 0.439 e. The molecule has 0 unspecified atom stereocenters. The molecule has 13 nitrogen and oxygen atoms in total. The van der Waals surface area contributed by atoms with Crippen molar-refractivity contribution >= 4 is 6.03 Å². The molecule has 1 aliphatic rings. The SMILES string of the molecule is O=C1N([N+](=O)[O-])CN([N+](=O)[O-])CN1[N+](=O)[O-]. The molecule has 0 aromatic rings. The van der Waals surface area contributed by atoms with Gasteiger partial charge in [0.2, 0.25) is 13.3 Å². The molecule has 0 aromatic heterocycles. The lowest BCUT2D eigenvalue weighted by Gasteiger charge is -2.25. The van der Waals surface area contributed by atoms with Crippen LogP contribution in [0.5, 0.6) is 0 Å². The first-order chi connectivity index (χ1) is 7.34. The van der Waals surface area contributed by atoms with E-state index in [1.165, 1.54) is 0 Å². The van der Waals surface area contributed by atoms with Crippen LogP contribution in [0.4, 0.5) is 4.79 Å². The first-order valence-corrected chi connectivity index (χ1v) is 3.61. The molecular formula is C3H4N6O7. The molecule has 16 heavy (non-hydrogen) atoms. The Kier molecular flexibility index (Phi) is 2.69. The molecule has 13 heteroatoms. The predicted molar refractivity (Wildman–Crippen MR) is 41.6 cm³/mol. The van der Waals surface area contributed by atoms with E-state index in [0.717, 1.165) is 0 Å². The number of hydrazine groups is 3. The van der Waals surface area contributed by atoms with Gasteiger partial charge in [-0.15, -0.1) is 0 Å². The molecule has 1 fully saturated rings. The number of urea groups is 1. The van der Waals surface area contributed by atoms with Crippen molar-refractivity contribution in [2.75, 3.05) is 13.3 Å². The maximum atomic E-state index is 11.1. The van der Waals surface area contributed by atoms with Gasteiger partial charge < -0.3 is 0 Å². The Hall–Kier alpha value is -2.73. The highest BCUT2D eigenvalue weighted by Crippen LogP contribution is 2.10. The molecule has 0 aromatic carbocycles. The summed E-state index contributed by atoms with van der Waals surface area (Å²) in [5.74, 6) is 0. The van der Waals surface area contributed by atoms with Crippen LogP contribution in [0.1, 0.15) is 0 Å². The second-order valence-corrected chi connectivity index (χ2v) is 2.58. The minimum Gasteiger partial charge on any atom is -0.236 e. The molecule has 0 atom stereocenters. The Balaban J connectivity index is 2.97. The first-order valence-electron chi connectivity index (χ1n) is 3.61. The predicted octanol–water partition coefficient (Wildman–Crippen LogP) is -1.48. The normalized spacial score (nSPS) is 16.2. The van der Waals surface area contributed by atoms with Gasteiger partial charge in [0.25, 0.3) is 0 Å². The molecule has 0 bridgehead atoms. The lowest BCUT2D eigenvalue weighted by molar-refractivity contribution is -0.744. The monoisotopic (exact) mass is 236 g/mol. The van der Waals surface area contributed by atoms with Gasteiger partial charge in [0.05, 0.1) is 0 Å². The summed E-state index contributed by atoms with van der Waals surface area (Å²) < 4.78 is 0. The van der Waals surface area contributed by atoms with E-state index in [4.69, 9.17) is 0 Å². The lowest BCUT2D eigenvalue weighted by atomic mass is 10.7. The van der Waals surface area contributed by atoms with Crippen LogP contribution in [0.3, 0.4) is 0 Å². The number of rotatable bonds is 3. The Morgan fingerprint density at radius 2 is 1.25 bits per heavy atom. The zero-order valence-corrected chi connectivity index (χ0v) is 7.46. The van der Waals surface area contributed by atoms with Crippen LogP contribution in [0, 0.1) is 30.3 Å². The molecule has 1 rings (SSSR count). The zero-order chi connectivity index (χ0) is 12.5. The van der Waals surface area contributed by atoms with E-state index in [1.807, 2.05) is 0 Å². The molecule has 0 aliphatic carbocycles. The number of carbonyl (C=O) groups is 1. The molecule has 0 saturated carbocycles. The van der Waals surface area contributed by atoms with E-state index in [0.29, 0.717) is 0 Å². The van der Waals surface area contributed by atoms with Crippen LogP contribution in [-0.4, -0.2) is 49.5 Å². The Bertz CT molecular complexity index is 341. The molecule has 0 N–H and O–H groups in total. The largest absolute Gasteiger partial charge is 0.439 e. The third-order valence-electron chi connectivity index (χ3n) is 1.66. The number of amides is 2. The Labute approximate surface area is 85.8 Å². The van der Waals surface area contributed by atoms with Crippen LogP contribution in [-0.2, 0) is 0 Å². The van der Waals surface area contributed by atoms with Gasteiger partial charge in [-0.05, 0) is 10.0 Å². The summed E-state index contributed by atoms with van der Waals surface area (Å²) in [6.07, 6.45) is 0. The van der Waals surface area contributed by atoms with Crippen LogP contribution in [0.2, 0.25) is 0 Å². The Morgan fingerprint density at radius 1 is 0.875 bits per heavy atom. The average molecular weight is 236 g/mol. The number of nitro groups is 3. The molecule has 0 radical (unpaired) electrons. The van der Waals surface area contributed by atoms with Gasteiger partial charge in [-0.2, -0.15) is 0 Å². The summed E-state index contributed by atoms with van der Waals surface area (Å²) >= 11 is 0. The van der Waals surface area contributed by atoms with E-state index in [2.05, 4.69) is 0 Å². The van der Waals surface area contributed by atoms with Crippen molar-refractivity contribution in [3.05, 3.63) is 30.3 Å². The smallest absolute Gasteiger partial charge is 0.236 e. The van der Waals surface area contributed by atoms with Gasteiger partial charge in [0, 0.05) is 0 Å². The molecule has 0 spiro atoms. The molecule has 88 valence electrons. The maximum absolute atomic E-state index is 11.1. The van der Waals surface area contributed by atoms with Crippen molar-refractivity contribution in [2.45, 2.75) is 0 Å². The minimum absolute atomic E-state index is 0.160. The summed E-state index contributed by atoms with van der Waals surface area (Å²) in [7, 11) is 0. The number of hydrogen-bond acceptors (Lipinski definition) is 7. The van der Waals surface area contributed by atoms with Gasteiger partial charge in [0.15, 0.2) is 15.1 Å². The standard InChI is InChI=1S/C3H4N6O7/c10-3-5(8(13)14)1-4(7(11)12)2-6(3)9(15)16/h1-2H2. The van der Waals surface area contributed by atoms with Crippen LogP contribution in [0.25, 0.3) is 0 Å². The molecule has 1 aliphatic heterocycles. The molecule has 1 heterocycles. The van der Waals surface area contributed by atoms with Gasteiger partial charge in [-0.1, -0.05) is 5.01 Å². The molecule has 1 saturated heterocycles. The van der Waals surface area contributed by atoms with Crippen molar-refractivity contribution in [1.82, 2.24) is 15.0 Å². The van der Waals surface area contributed by atoms with Gasteiger partial charge in [-0.3, -0.25) is 0 Å². The van der Waals surface area contributed by atoms with Crippen molar-refractivity contribution in [1.29, 1.82) is 0 Å². The van der Waals surface area contributed by atoms with Crippen LogP contribution < -0.4 is 0 Å². The molecular weight excluding hydrogens is 232 g/mol. The van der Waals surface area contributed by atoms with Crippen molar-refractivity contribution in [3.8, 4) is 0 Å². The second kappa shape index (κ2) is 3.79. The van der Waals surface area contributed by atoms with Crippen LogP contribution in [0.15, 0.2) is 0 Å². The van der Waals surface area contributed by atoms with E-state index in [1.54, 1.807) is 0 Å². The third kappa shape index (κ3) is 1.86. The summed E-state index contributed by atoms with van der Waals surface area (Å²) in [6, 6.07) is -1.53. The van der Waals surface area contributed by atoms with Crippen LogP contribution >= 0.6 is 0 Å². The van der Waals surface area contributed by atoms with Gasteiger partial charge in [0.1, 0.15) is 0 Å². The third-order valence-corrected chi connectivity index (χ3v) is 1.66. The van der Waals surface area contributed by atoms with E-state index >= 15 is 0 Å². The summed E-state index contributed by atoms with van der Waals surface area (Å²) in [5.41, 5.74) is 0. The van der Waals surface area contributed by atoms with E-state index in [-0.39, 0.29) is 15.0 Å². The average Bonchev–Trinajstić information content (AvgIpc) is 2.16. The first kappa shape index (κ1) is 11.3. The van der Waals surface area contributed by atoms with E-state index in [9.17, 15) is 35.1 Å². The summed E-state index contributed by atoms with van der Waals surface area (Å²) in [6.45, 7) is -1.91. The summed E-state index contributed by atoms with van der Waals surface area (Å²) in [5, 5.41) is 27.1. The lowest BCUT2D eigenvalue weighted by Crippen LogP contribution is -2.62. The topological polar surface area (TPSA) is 156 Å². The fourth-order valence-electron chi connectivity index (χ4n) is 0.954.